The van der Waals surface area contributed by atoms with Gasteiger partial charge in [0.15, 0.2) is 0 Å². The molecule has 0 saturated carbocycles. The molecule has 1 aromatic carbocycles. The van der Waals surface area contributed by atoms with Crippen molar-refractivity contribution in [1.82, 2.24) is 14.8 Å². The van der Waals surface area contributed by atoms with Crippen molar-refractivity contribution >= 4 is 22.9 Å². The average molecular weight is 469 g/mol. The normalized spacial score (nSPS) is 15.9. The van der Waals surface area contributed by atoms with Crippen LogP contribution >= 0.6 is 11.3 Å². The number of para-hydroxylation sites is 2. The minimum atomic E-state index is -0.290. The fourth-order valence-electron chi connectivity index (χ4n) is 3.81. The van der Waals surface area contributed by atoms with E-state index in [4.69, 9.17) is 9.47 Å². The largest absolute Gasteiger partial charge is 0.489 e. The number of anilines is 1. The van der Waals surface area contributed by atoms with Crippen LogP contribution in [0, 0.1) is 20.8 Å². The van der Waals surface area contributed by atoms with Gasteiger partial charge in [0.25, 0.3) is 11.5 Å². The fraction of sp³-hybridized carbons (Fsp3) is 0.417. The summed E-state index contributed by atoms with van der Waals surface area (Å²) in [5, 5.41) is 7.68. The Morgan fingerprint density at radius 2 is 2.03 bits per heavy atom. The molecule has 3 heterocycles. The first-order chi connectivity index (χ1) is 15.8. The summed E-state index contributed by atoms with van der Waals surface area (Å²) in [4.78, 5) is 30.8. The zero-order chi connectivity index (χ0) is 23.5. The van der Waals surface area contributed by atoms with Gasteiger partial charge in [-0.15, -0.1) is 11.3 Å². The average Bonchev–Trinajstić information content (AvgIpc) is 3.19. The number of nitrogens with zero attached hydrogens (tertiary/aromatic N) is 3. The van der Waals surface area contributed by atoms with Crippen molar-refractivity contribution in [2.75, 3.05) is 18.5 Å². The van der Waals surface area contributed by atoms with Gasteiger partial charge < -0.3 is 14.8 Å². The summed E-state index contributed by atoms with van der Waals surface area (Å²) in [5.41, 5.74) is 2.91. The summed E-state index contributed by atoms with van der Waals surface area (Å²) in [6.07, 6.45) is 3.27. The summed E-state index contributed by atoms with van der Waals surface area (Å²) in [7, 11) is 1.61. The van der Waals surface area contributed by atoms with Crippen LogP contribution in [0.3, 0.4) is 0 Å². The molecule has 1 N–H and O–H groups in total. The van der Waals surface area contributed by atoms with E-state index in [9.17, 15) is 9.59 Å². The SMILES string of the molecule is Cc1nc(-c2c(C)c(C)nn(C)c2=O)sc1C(=O)Nc1ccccc1OCC1CCCCO1. The van der Waals surface area contributed by atoms with E-state index in [1.165, 1.54) is 16.0 Å². The number of thiazole rings is 1. The van der Waals surface area contributed by atoms with Crippen molar-refractivity contribution in [1.29, 1.82) is 0 Å². The first-order valence-corrected chi connectivity index (χ1v) is 11.8. The maximum absolute atomic E-state index is 13.1. The van der Waals surface area contributed by atoms with Gasteiger partial charge in [0.1, 0.15) is 22.2 Å². The standard InChI is InChI=1S/C24H28N4O4S/c1-14-15(2)27-28(4)24(30)20(14)23-25-16(3)21(33-23)22(29)26-18-10-5-6-11-19(18)32-13-17-9-7-8-12-31-17/h5-6,10-11,17H,7-9,12-13H2,1-4H3,(H,26,29). The van der Waals surface area contributed by atoms with Crippen LogP contribution in [0.2, 0.25) is 0 Å². The Morgan fingerprint density at radius 3 is 2.79 bits per heavy atom. The van der Waals surface area contributed by atoms with Gasteiger partial charge in [0.2, 0.25) is 0 Å². The number of hydrogen-bond acceptors (Lipinski definition) is 7. The fourth-order valence-corrected chi connectivity index (χ4v) is 4.87. The van der Waals surface area contributed by atoms with Gasteiger partial charge in [-0.3, -0.25) is 9.59 Å². The molecule has 0 aliphatic carbocycles. The molecule has 1 saturated heterocycles. The number of rotatable bonds is 6. The van der Waals surface area contributed by atoms with Crippen molar-refractivity contribution in [2.24, 2.45) is 7.05 Å². The highest BCUT2D eigenvalue weighted by atomic mass is 32.1. The van der Waals surface area contributed by atoms with Gasteiger partial charge in [-0.1, -0.05) is 12.1 Å². The van der Waals surface area contributed by atoms with Crippen molar-refractivity contribution in [3.63, 3.8) is 0 Å². The number of carbonyl (C=O) groups is 1. The second-order valence-corrected chi connectivity index (χ2v) is 9.20. The van der Waals surface area contributed by atoms with E-state index in [0.29, 0.717) is 39.2 Å². The molecule has 2 aromatic heterocycles. The molecule has 0 bridgehead atoms. The molecule has 9 heteroatoms. The van der Waals surface area contributed by atoms with Gasteiger partial charge in [-0.25, -0.2) is 9.67 Å². The maximum atomic E-state index is 13.1. The molecule has 0 spiro atoms. The van der Waals surface area contributed by atoms with Crippen LogP contribution < -0.4 is 15.6 Å². The molecule has 0 radical (unpaired) electrons. The lowest BCUT2D eigenvalue weighted by Gasteiger charge is -2.23. The number of aromatic nitrogens is 3. The molecule has 4 rings (SSSR count). The monoisotopic (exact) mass is 468 g/mol. The molecule has 1 unspecified atom stereocenters. The number of aryl methyl sites for hydroxylation is 3. The van der Waals surface area contributed by atoms with Crippen molar-refractivity contribution in [3.05, 3.63) is 56.4 Å². The van der Waals surface area contributed by atoms with E-state index < -0.39 is 0 Å². The molecule has 1 aliphatic heterocycles. The number of ether oxygens (including phenoxy) is 2. The first kappa shape index (κ1) is 23.1. The van der Waals surface area contributed by atoms with Crippen LogP contribution in [0.4, 0.5) is 5.69 Å². The highest BCUT2D eigenvalue weighted by Gasteiger charge is 2.22. The topological polar surface area (TPSA) is 95.3 Å². The Morgan fingerprint density at radius 1 is 1.24 bits per heavy atom. The second kappa shape index (κ2) is 9.84. The van der Waals surface area contributed by atoms with Gasteiger partial charge in [0.05, 0.1) is 28.7 Å². The molecule has 3 aromatic rings. The van der Waals surface area contributed by atoms with E-state index in [0.717, 1.165) is 37.1 Å². The molecule has 1 aliphatic rings. The van der Waals surface area contributed by atoms with Gasteiger partial charge in [-0.2, -0.15) is 5.10 Å². The predicted molar refractivity (Wildman–Crippen MR) is 128 cm³/mol. The predicted octanol–water partition coefficient (Wildman–Crippen LogP) is 4.03. The Bertz CT molecular complexity index is 1230. The Balaban J connectivity index is 1.55. The lowest BCUT2D eigenvalue weighted by molar-refractivity contribution is -0.0109. The quantitative estimate of drug-likeness (QED) is 0.587. The van der Waals surface area contributed by atoms with E-state index in [1.54, 1.807) is 20.0 Å². The summed E-state index contributed by atoms with van der Waals surface area (Å²) in [5.74, 6) is 0.304. The molecule has 1 amide bonds. The van der Waals surface area contributed by atoms with Gasteiger partial charge in [0, 0.05) is 13.7 Å². The number of carbonyl (C=O) groups excluding carboxylic acids is 1. The number of amides is 1. The maximum Gasteiger partial charge on any atom is 0.277 e. The number of benzene rings is 1. The zero-order valence-corrected chi connectivity index (χ0v) is 20.1. The van der Waals surface area contributed by atoms with Crippen LogP contribution in [-0.2, 0) is 11.8 Å². The lowest BCUT2D eigenvalue weighted by Crippen LogP contribution is -2.26. The van der Waals surface area contributed by atoms with Crippen LogP contribution in [0.15, 0.2) is 29.1 Å². The number of hydrogen-bond donors (Lipinski definition) is 1. The molecular weight excluding hydrogens is 440 g/mol. The number of nitrogens with one attached hydrogen (secondary N) is 1. The summed E-state index contributed by atoms with van der Waals surface area (Å²) in [6.45, 7) is 6.67. The highest BCUT2D eigenvalue weighted by molar-refractivity contribution is 7.17. The van der Waals surface area contributed by atoms with Crippen molar-refractivity contribution in [3.8, 4) is 16.3 Å². The van der Waals surface area contributed by atoms with Crippen LogP contribution in [0.5, 0.6) is 5.75 Å². The zero-order valence-electron chi connectivity index (χ0n) is 19.3. The second-order valence-electron chi connectivity index (χ2n) is 8.20. The lowest BCUT2D eigenvalue weighted by atomic mass is 10.1. The third-order valence-electron chi connectivity index (χ3n) is 5.78. The molecule has 174 valence electrons. The smallest absolute Gasteiger partial charge is 0.277 e. The molecule has 1 atom stereocenters. The van der Waals surface area contributed by atoms with Gasteiger partial charge >= 0.3 is 0 Å². The van der Waals surface area contributed by atoms with Crippen LogP contribution in [0.1, 0.15) is 45.9 Å². The first-order valence-electron chi connectivity index (χ1n) is 11.0. The Hall–Kier alpha value is -3.04. The Labute approximate surface area is 196 Å². The highest BCUT2D eigenvalue weighted by Crippen LogP contribution is 2.31. The third-order valence-corrected chi connectivity index (χ3v) is 6.95. The van der Waals surface area contributed by atoms with Crippen LogP contribution in [-0.4, -0.2) is 40.0 Å². The van der Waals surface area contributed by atoms with Crippen molar-refractivity contribution < 1.29 is 14.3 Å². The summed E-state index contributed by atoms with van der Waals surface area (Å²) < 4.78 is 13.0. The van der Waals surface area contributed by atoms with E-state index in [2.05, 4.69) is 15.4 Å². The van der Waals surface area contributed by atoms with E-state index in [-0.39, 0.29) is 17.6 Å². The minimum absolute atomic E-state index is 0.0727. The minimum Gasteiger partial charge on any atom is -0.489 e. The third kappa shape index (κ3) is 4.99. The summed E-state index contributed by atoms with van der Waals surface area (Å²) in [6, 6.07) is 7.35. The summed E-state index contributed by atoms with van der Waals surface area (Å²) >= 11 is 1.20. The Kier molecular flexibility index (Phi) is 6.90. The van der Waals surface area contributed by atoms with Gasteiger partial charge in [-0.05, 0) is 57.7 Å². The van der Waals surface area contributed by atoms with E-state index >= 15 is 0 Å². The van der Waals surface area contributed by atoms with Crippen molar-refractivity contribution in [2.45, 2.75) is 46.1 Å². The molecule has 33 heavy (non-hydrogen) atoms. The van der Waals surface area contributed by atoms with Crippen LogP contribution in [0.25, 0.3) is 10.6 Å². The van der Waals surface area contributed by atoms with E-state index in [1.807, 2.05) is 32.0 Å². The molecule has 8 nitrogen and oxygen atoms in total. The molecular formula is C24H28N4O4S. The molecule has 1 fully saturated rings.